The Kier molecular flexibility index (Phi) is 10.2. The largest absolute Gasteiger partial charge is 0.509 e. The first-order valence-electron chi connectivity index (χ1n) is 21.1. The van der Waals surface area contributed by atoms with E-state index in [4.69, 9.17) is 14.7 Å². The maximum absolute atomic E-state index is 6.94. The van der Waals surface area contributed by atoms with Crippen LogP contribution in [-0.2, 0) is 39.4 Å². The van der Waals surface area contributed by atoms with Gasteiger partial charge < -0.3 is 23.7 Å². The molecule has 8 aromatic rings. The van der Waals surface area contributed by atoms with Crippen molar-refractivity contribution < 1.29 is 25.8 Å². The van der Waals surface area contributed by atoms with E-state index in [1.54, 1.807) is 0 Å². The summed E-state index contributed by atoms with van der Waals surface area (Å²) in [6.45, 7) is 19.0. The van der Waals surface area contributed by atoms with Crippen molar-refractivity contribution in [1.82, 2.24) is 19.1 Å². The third-order valence-electron chi connectivity index (χ3n) is 12.3. The Hall–Kier alpha value is -5.39. The smallest absolute Gasteiger partial charge is 0.135 e. The van der Waals surface area contributed by atoms with Crippen LogP contribution in [0.2, 0.25) is 0 Å². The standard InChI is InChI=1S/C52H51N6O.Pt/c1-32(2)39-15-13-16-40(33(3)4)51(39)34-24-36(57-31-55(8)47-30-46-43(29-48(47)57)54-49-18-11-12-23-56(46)49)27-38(25-34)59-37-19-20-42-41-14-9-10-17-44(41)58(45(42)28-37)50-26-35(21-22-53-50)52(5,6)7;/h9-10,13-17,19-22,24-26,29-33H,11-12,18,23H2,1-8H3;/q-3;. The van der Waals surface area contributed by atoms with E-state index in [2.05, 4.69) is 178 Å². The minimum absolute atomic E-state index is 0. The minimum atomic E-state index is -0.0250. The van der Waals surface area contributed by atoms with Crippen molar-refractivity contribution in [3.63, 3.8) is 0 Å². The zero-order chi connectivity index (χ0) is 40.7. The average molecular weight is 971 g/mol. The molecule has 7 nitrogen and oxygen atoms in total. The van der Waals surface area contributed by atoms with Crippen molar-refractivity contribution in [2.24, 2.45) is 0 Å². The molecular weight excluding hydrogens is 920 g/mol. The van der Waals surface area contributed by atoms with Crippen LogP contribution in [0.5, 0.6) is 11.5 Å². The molecule has 0 amide bonds. The van der Waals surface area contributed by atoms with Gasteiger partial charge in [0.1, 0.15) is 11.6 Å². The maximum atomic E-state index is 6.94. The number of imidazole rings is 1. The van der Waals surface area contributed by atoms with Crippen LogP contribution < -0.4 is 14.5 Å². The molecule has 60 heavy (non-hydrogen) atoms. The van der Waals surface area contributed by atoms with Gasteiger partial charge in [-0.15, -0.1) is 47.0 Å². The molecule has 0 spiro atoms. The van der Waals surface area contributed by atoms with E-state index in [1.807, 2.05) is 12.3 Å². The zero-order valence-electron chi connectivity index (χ0n) is 35.7. The Morgan fingerprint density at radius 2 is 1.55 bits per heavy atom. The molecule has 10 rings (SSSR count). The van der Waals surface area contributed by atoms with Crippen LogP contribution in [0.1, 0.15) is 95.7 Å². The number of hydrogen-bond donors (Lipinski definition) is 0. The van der Waals surface area contributed by atoms with Gasteiger partial charge in [0.15, 0.2) is 0 Å². The third-order valence-corrected chi connectivity index (χ3v) is 12.3. The van der Waals surface area contributed by atoms with Crippen molar-refractivity contribution in [2.75, 3.05) is 16.8 Å². The van der Waals surface area contributed by atoms with Crippen molar-refractivity contribution >= 4 is 49.9 Å². The molecule has 0 saturated heterocycles. The molecule has 0 unspecified atom stereocenters. The number of rotatable bonds is 7. The Labute approximate surface area is 368 Å². The van der Waals surface area contributed by atoms with Gasteiger partial charge in [-0.2, -0.15) is 12.7 Å². The summed E-state index contributed by atoms with van der Waals surface area (Å²) in [7, 11) is 2.12. The SMILES string of the molecule is CC(C)c1cccc(C(C)C)c1-c1cc(Oc2[c-]c3c(cc2)c2ccccc2n3-c2cc(C(C)(C)C)ccn2)[c-]c(N2[CH-]N(C)c3cc4c(cc32)nc2n4CCCC2)c1.[Pt]. The summed E-state index contributed by atoms with van der Waals surface area (Å²) >= 11 is 0. The molecule has 0 radical (unpaired) electrons. The Morgan fingerprint density at radius 3 is 2.32 bits per heavy atom. The van der Waals surface area contributed by atoms with Crippen LogP contribution in [0.4, 0.5) is 17.1 Å². The van der Waals surface area contributed by atoms with Gasteiger partial charge in [-0.25, -0.2) is 9.97 Å². The summed E-state index contributed by atoms with van der Waals surface area (Å²) in [6.07, 6.45) is 5.32. The van der Waals surface area contributed by atoms with Crippen LogP contribution in [0, 0.1) is 18.8 Å². The van der Waals surface area contributed by atoms with Gasteiger partial charge in [0.2, 0.25) is 0 Å². The number of para-hydroxylation sites is 1. The van der Waals surface area contributed by atoms with Crippen LogP contribution >= 0.6 is 0 Å². The van der Waals surface area contributed by atoms with Gasteiger partial charge in [-0.05, 0) is 95.1 Å². The summed E-state index contributed by atoms with van der Waals surface area (Å²) in [6, 6.07) is 40.2. The fraction of sp³-hybridized carbons (Fsp3) is 0.288. The molecule has 0 fully saturated rings. The molecule has 0 atom stereocenters. The fourth-order valence-electron chi connectivity index (χ4n) is 9.20. The van der Waals surface area contributed by atoms with E-state index >= 15 is 0 Å². The van der Waals surface area contributed by atoms with Gasteiger partial charge >= 0.3 is 0 Å². The molecule has 5 aromatic carbocycles. The Bertz CT molecular complexity index is 2910. The summed E-state index contributed by atoms with van der Waals surface area (Å²) in [5, 5.41) is 2.25. The molecule has 0 saturated carbocycles. The first-order valence-corrected chi connectivity index (χ1v) is 21.1. The Balaban J connectivity index is 0.00000462. The topological polar surface area (TPSA) is 51.4 Å². The Morgan fingerprint density at radius 1 is 0.767 bits per heavy atom. The van der Waals surface area contributed by atoms with E-state index in [0.29, 0.717) is 23.3 Å². The monoisotopic (exact) mass is 970 g/mol. The summed E-state index contributed by atoms with van der Waals surface area (Å²) in [4.78, 5) is 14.5. The first kappa shape index (κ1) is 40.0. The van der Waals surface area contributed by atoms with Gasteiger partial charge in [0, 0.05) is 68.6 Å². The third kappa shape index (κ3) is 6.79. The molecule has 2 aliphatic rings. The van der Waals surface area contributed by atoms with Crippen LogP contribution in [0.25, 0.3) is 49.8 Å². The van der Waals surface area contributed by atoms with E-state index in [9.17, 15) is 0 Å². The molecule has 2 aliphatic heterocycles. The summed E-state index contributed by atoms with van der Waals surface area (Å²) in [5.74, 6) is 3.94. The molecular formula is C52H51N6OPt-3. The predicted molar refractivity (Wildman–Crippen MR) is 243 cm³/mol. The first-order chi connectivity index (χ1) is 28.4. The molecule has 0 N–H and O–H groups in total. The number of anilines is 3. The zero-order valence-corrected chi connectivity index (χ0v) is 38.0. The van der Waals surface area contributed by atoms with Gasteiger partial charge in [-0.1, -0.05) is 90.4 Å². The minimum Gasteiger partial charge on any atom is -0.509 e. The van der Waals surface area contributed by atoms with Crippen molar-refractivity contribution in [2.45, 2.75) is 91.5 Å². The number of benzene rings is 5. The number of hydrogen-bond acceptors (Lipinski definition) is 5. The number of ether oxygens (including phenoxy) is 1. The normalized spacial score (nSPS) is 14.1. The second kappa shape index (κ2) is 15.3. The molecule has 308 valence electrons. The van der Waals surface area contributed by atoms with E-state index in [-0.39, 0.29) is 26.5 Å². The number of fused-ring (bicyclic) bond motifs is 7. The number of pyridine rings is 1. The van der Waals surface area contributed by atoms with Crippen LogP contribution in [-0.4, -0.2) is 26.1 Å². The fourth-order valence-corrected chi connectivity index (χ4v) is 9.20. The van der Waals surface area contributed by atoms with E-state index in [0.717, 1.165) is 68.7 Å². The van der Waals surface area contributed by atoms with E-state index < -0.39 is 0 Å². The number of nitrogens with zero attached hydrogens (tertiary/aromatic N) is 6. The van der Waals surface area contributed by atoms with Crippen LogP contribution in [0.3, 0.4) is 0 Å². The van der Waals surface area contributed by atoms with Crippen molar-refractivity contribution in [1.29, 1.82) is 0 Å². The number of aromatic nitrogens is 4. The molecule has 0 bridgehead atoms. The summed E-state index contributed by atoms with van der Waals surface area (Å²) in [5.41, 5.74) is 13.6. The van der Waals surface area contributed by atoms with Gasteiger partial charge in [0.25, 0.3) is 0 Å². The van der Waals surface area contributed by atoms with Crippen LogP contribution in [0.15, 0.2) is 97.2 Å². The average Bonchev–Trinajstić information content (AvgIpc) is 3.87. The quantitative estimate of drug-likeness (QED) is 0.149. The predicted octanol–water partition coefficient (Wildman–Crippen LogP) is 13.2. The second-order valence-corrected chi connectivity index (χ2v) is 18.0. The van der Waals surface area contributed by atoms with E-state index in [1.165, 1.54) is 46.4 Å². The molecule has 8 heteroatoms. The molecule has 5 heterocycles. The molecule has 0 aliphatic carbocycles. The second-order valence-electron chi connectivity index (χ2n) is 18.0. The maximum Gasteiger partial charge on any atom is 0.135 e. The summed E-state index contributed by atoms with van der Waals surface area (Å²) < 4.78 is 11.6. The van der Waals surface area contributed by atoms with Gasteiger partial charge in [0.05, 0.1) is 11.0 Å². The number of aryl methyl sites for hydroxylation is 2. The van der Waals surface area contributed by atoms with Crippen molar-refractivity contribution in [3.05, 3.63) is 139 Å². The molecule has 3 aromatic heterocycles. The van der Waals surface area contributed by atoms with Gasteiger partial charge in [-0.3, -0.25) is 0 Å². The van der Waals surface area contributed by atoms with Crippen molar-refractivity contribution in [3.8, 4) is 28.4 Å².